The summed E-state index contributed by atoms with van der Waals surface area (Å²) >= 11 is 6.06. The molecule has 2 unspecified atom stereocenters. The van der Waals surface area contributed by atoms with Crippen molar-refractivity contribution in [1.82, 2.24) is 5.32 Å². The predicted molar refractivity (Wildman–Crippen MR) is 129 cm³/mol. The van der Waals surface area contributed by atoms with Gasteiger partial charge in [0.05, 0.1) is 6.10 Å². The van der Waals surface area contributed by atoms with Gasteiger partial charge in [-0.05, 0) is 74.1 Å². The smallest absolute Gasteiger partial charge is 0.0802 e. The number of hydrogen-bond donors (Lipinski definition) is 2. The number of aliphatic hydroxyl groups is 1. The second-order valence-electron chi connectivity index (χ2n) is 7.14. The molecule has 0 amide bonds. The molecule has 0 aliphatic rings. The van der Waals surface area contributed by atoms with Crippen molar-refractivity contribution in [1.29, 1.82) is 0 Å². The lowest BCUT2D eigenvalue weighted by molar-refractivity contribution is 0.165. The summed E-state index contributed by atoms with van der Waals surface area (Å²) in [6, 6.07) is 6.17. The van der Waals surface area contributed by atoms with Crippen LogP contribution in [-0.2, 0) is 0 Å². The summed E-state index contributed by atoms with van der Waals surface area (Å²) in [4.78, 5) is 0. The summed E-state index contributed by atoms with van der Waals surface area (Å²) in [6.45, 7) is 7.25. The van der Waals surface area contributed by atoms with Gasteiger partial charge in [0.25, 0.3) is 0 Å². The molecule has 28 heavy (non-hydrogen) atoms. The average molecular weight is 422 g/mol. The third-order valence-electron chi connectivity index (χ3n) is 4.74. The van der Waals surface area contributed by atoms with Crippen molar-refractivity contribution in [3.8, 4) is 0 Å². The van der Waals surface area contributed by atoms with Crippen molar-refractivity contribution in [3.05, 3.63) is 64.7 Å². The van der Waals surface area contributed by atoms with Crippen molar-refractivity contribution in [2.75, 3.05) is 6.54 Å². The molecule has 2 N–H and O–H groups in total. The SMILES string of the molecule is C\C=C/C(=C\C=C\CC)CC[C@H](CCC)NCCC(O)c1ccc(Cl)c(P)c1. The number of rotatable bonds is 13. The van der Waals surface area contributed by atoms with Gasteiger partial charge in [0.15, 0.2) is 0 Å². The van der Waals surface area contributed by atoms with E-state index in [2.05, 4.69) is 65.7 Å². The summed E-state index contributed by atoms with van der Waals surface area (Å²) in [7, 11) is 2.62. The Morgan fingerprint density at radius 3 is 2.68 bits per heavy atom. The first-order chi connectivity index (χ1) is 13.5. The monoisotopic (exact) mass is 421 g/mol. The maximum atomic E-state index is 10.5. The minimum absolute atomic E-state index is 0.469. The zero-order valence-electron chi connectivity index (χ0n) is 17.6. The topological polar surface area (TPSA) is 32.3 Å². The summed E-state index contributed by atoms with van der Waals surface area (Å²) in [5, 5.41) is 15.8. The molecule has 4 heteroatoms. The Labute approximate surface area is 179 Å². The van der Waals surface area contributed by atoms with Gasteiger partial charge in [-0.2, -0.15) is 0 Å². The Balaban J connectivity index is 2.53. The zero-order valence-corrected chi connectivity index (χ0v) is 19.5. The van der Waals surface area contributed by atoms with Gasteiger partial charge >= 0.3 is 0 Å². The summed E-state index contributed by atoms with van der Waals surface area (Å²) in [6.07, 6.45) is 16.6. The lowest BCUT2D eigenvalue weighted by Crippen LogP contribution is -2.30. The molecule has 0 heterocycles. The van der Waals surface area contributed by atoms with Crippen LogP contribution >= 0.6 is 20.8 Å². The van der Waals surface area contributed by atoms with Gasteiger partial charge in [0.1, 0.15) is 0 Å². The molecule has 3 atom stereocenters. The first-order valence-electron chi connectivity index (χ1n) is 10.5. The quantitative estimate of drug-likeness (QED) is 0.290. The van der Waals surface area contributed by atoms with E-state index in [1.54, 1.807) is 0 Å². The van der Waals surface area contributed by atoms with Gasteiger partial charge in [-0.25, -0.2) is 0 Å². The van der Waals surface area contributed by atoms with Crippen molar-refractivity contribution in [2.24, 2.45) is 0 Å². The molecule has 2 nitrogen and oxygen atoms in total. The molecular formula is C24H37ClNOP. The number of benzene rings is 1. The Kier molecular flexibility index (Phi) is 13.4. The Hall–Kier alpha value is -0.920. The summed E-state index contributed by atoms with van der Waals surface area (Å²) in [5.41, 5.74) is 2.29. The van der Waals surface area contributed by atoms with Crippen LogP contribution in [0.25, 0.3) is 0 Å². The second-order valence-corrected chi connectivity index (χ2v) is 8.17. The lowest BCUT2D eigenvalue weighted by atomic mass is 10.0. The third kappa shape index (κ3) is 10.0. The first kappa shape index (κ1) is 25.1. The van der Waals surface area contributed by atoms with E-state index < -0.39 is 6.10 Å². The molecule has 156 valence electrons. The lowest BCUT2D eigenvalue weighted by Gasteiger charge is -2.20. The highest BCUT2D eigenvalue weighted by Gasteiger charge is 2.12. The molecule has 1 aromatic carbocycles. The molecule has 1 rings (SSSR count). The van der Waals surface area contributed by atoms with Crippen LogP contribution in [0, 0.1) is 0 Å². The second kappa shape index (κ2) is 15.0. The first-order valence-corrected chi connectivity index (χ1v) is 11.4. The van der Waals surface area contributed by atoms with Gasteiger partial charge in [0, 0.05) is 11.1 Å². The number of halogens is 1. The molecule has 0 aromatic heterocycles. The average Bonchev–Trinajstić information content (AvgIpc) is 2.68. The third-order valence-corrected chi connectivity index (χ3v) is 5.74. The highest BCUT2D eigenvalue weighted by Crippen LogP contribution is 2.19. The molecule has 0 spiro atoms. The van der Waals surface area contributed by atoms with Crippen LogP contribution in [0.5, 0.6) is 0 Å². The maximum absolute atomic E-state index is 10.5. The number of hydrogen-bond acceptors (Lipinski definition) is 2. The normalized spacial score (nSPS) is 14.9. The van der Waals surface area contributed by atoms with E-state index in [4.69, 9.17) is 11.6 Å². The van der Waals surface area contributed by atoms with Crippen LogP contribution in [0.15, 0.2) is 54.2 Å². The molecule has 1 aromatic rings. The Morgan fingerprint density at radius 1 is 1.25 bits per heavy atom. The van der Waals surface area contributed by atoms with Crippen LogP contribution in [-0.4, -0.2) is 17.7 Å². The van der Waals surface area contributed by atoms with Crippen molar-refractivity contribution in [2.45, 2.75) is 71.4 Å². The maximum Gasteiger partial charge on any atom is 0.0802 e. The van der Waals surface area contributed by atoms with E-state index in [-0.39, 0.29) is 0 Å². The van der Waals surface area contributed by atoms with E-state index in [9.17, 15) is 5.11 Å². The highest BCUT2D eigenvalue weighted by atomic mass is 35.5. The standard InChI is InChI=1S/C24H37ClNOP/c1-4-7-8-11-19(9-5-2)12-14-21(10-6-3)26-17-16-23(27)20-13-15-22(25)24(28)18-20/h5,7-9,11,13,15,18,21,23,26-27H,4,6,10,12,14,16-17,28H2,1-3H3/b8-7+,9-5-,19-11+/t21-,23?/m0/s1. The largest absolute Gasteiger partial charge is 0.388 e. The molecule has 0 fully saturated rings. The van der Waals surface area contributed by atoms with Crippen LogP contribution in [0.3, 0.4) is 0 Å². The fraction of sp³-hybridized carbons (Fsp3) is 0.500. The van der Waals surface area contributed by atoms with E-state index in [1.165, 1.54) is 5.57 Å². The van der Waals surface area contributed by atoms with Crippen molar-refractivity contribution in [3.63, 3.8) is 0 Å². The minimum atomic E-state index is -0.469. The Morgan fingerprint density at radius 2 is 2.04 bits per heavy atom. The number of nitrogens with one attached hydrogen (secondary N) is 1. The van der Waals surface area contributed by atoms with E-state index in [0.717, 1.165) is 49.5 Å². The molecule has 0 radical (unpaired) electrons. The van der Waals surface area contributed by atoms with Gasteiger partial charge < -0.3 is 10.4 Å². The molecule has 0 bridgehead atoms. The van der Waals surface area contributed by atoms with E-state index >= 15 is 0 Å². The van der Waals surface area contributed by atoms with Crippen molar-refractivity contribution >= 4 is 26.1 Å². The van der Waals surface area contributed by atoms with Crippen LogP contribution < -0.4 is 10.6 Å². The minimum Gasteiger partial charge on any atom is -0.388 e. The molecule has 0 saturated carbocycles. The van der Waals surface area contributed by atoms with Gasteiger partial charge in [-0.15, -0.1) is 9.24 Å². The van der Waals surface area contributed by atoms with Gasteiger partial charge in [-0.1, -0.05) is 68.3 Å². The van der Waals surface area contributed by atoms with Crippen LogP contribution in [0.2, 0.25) is 5.02 Å². The predicted octanol–water partition coefficient (Wildman–Crippen LogP) is 6.27. The summed E-state index contributed by atoms with van der Waals surface area (Å²) in [5.74, 6) is 0. The molecule has 0 aliphatic carbocycles. The zero-order chi connectivity index (χ0) is 20.8. The number of aliphatic hydroxyl groups excluding tert-OH is 1. The fourth-order valence-corrected chi connectivity index (χ4v) is 3.57. The fourth-order valence-electron chi connectivity index (χ4n) is 3.16. The number of allylic oxidation sites excluding steroid dienone is 6. The highest BCUT2D eigenvalue weighted by molar-refractivity contribution is 7.28. The molecule has 0 saturated heterocycles. The van der Waals surface area contributed by atoms with E-state index in [1.807, 2.05) is 18.2 Å². The van der Waals surface area contributed by atoms with Gasteiger partial charge in [-0.3, -0.25) is 0 Å². The van der Waals surface area contributed by atoms with Gasteiger partial charge in [0.2, 0.25) is 0 Å². The van der Waals surface area contributed by atoms with Crippen LogP contribution in [0.4, 0.5) is 0 Å². The van der Waals surface area contributed by atoms with Crippen molar-refractivity contribution < 1.29 is 5.11 Å². The summed E-state index contributed by atoms with van der Waals surface area (Å²) < 4.78 is 0. The Bertz CT molecular complexity index is 654. The molecule has 0 aliphatic heterocycles. The molecular weight excluding hydrogens is 385 g/mol. The van der Waals surface area contributed by atoms with Crippen LogP contribution in [0.1, 0.15) is 71.0 Å². The van der Waals surface area contributed by atoms with E-state index in [0.29, 0.717) is 17.5 Å².